The molecule has 11 nitrogen and oxygen atoms in total. The van der Waals surface area contributed by atoms with Crippen LogP contribution < -0.4 is 10.6 Å². The molecule has 11 heteroatoms. The van der Waals surface area contributed by atoms with Crippen molar-refractivity contribution in [3.63, 3.8) is 0 Å². The van der Waals surface area contributed by atoms with Crippen molar-refractivity contribution in [2.24, 2.45) is 16.1 Å². The SMILES string of the molecule is O=C(CCc1nc(-c2ccc(O)cc2O)no1)NCCCNC1=C2C=CC=CC2C(=O)N=N1. The van der Waals surface area contributed by atoms with Gasteiger partial charge in [-0.3, -0.25) is 9.59 Å². The molecule has 0 radical (unpaired) electrons. The van der Waals surface area contributed by atoms with Crippen LogP contribution in [0, 0.1) is 5.92 Å². The second kappa shape index (κ2) is 9.90. The van der Waals surface area contributed by atoms with E-state index in [0.29, 0.717) is 30.9 Å². The molecule has 2 amide bonds. The van der Waals surface area contributed by atoms with Gasteiger partial charge in [-0.2, -0.15) is 4.98 Å². The molecule has 0 fully saturated rings. The molecule has 2 aromatic rings. The number of rotatable bonds is 9. The Balaban J connectivity index is 1.18. The zero-order chi connectivity index (χ0) is 23.2. The number of aromatic nitrogens is 2. The van der Waals surface area contributed by atoms with Gasteiger partial charge in [0.15, 0.2) is 5.82 Å². The predicted molar refractivity (Wildman–Crippen MR) is 116 cm³/mol. The van der Waals surface area contributed by atoms with E-state index in [-0.39, 0.29) is 47.9 Å². The van der Waals surface area contributed by atoms with Crippen LogP contribution in [-0.4, -0.2) is 45.3 Å². The van der Waals surface area contributed by atoms with Crippen LogP contribution in [0.25, 0.3) is 11.4 Å². The summed E-state index contributed by atoms with van der Waals surface area (Å²) in [5.74, 6) is -0.0613. The monoisotopic (exact) mass is 450 g/mol. The third-order valence-electron chi connectivity index (χ3n) is 5.04. The fourth-order valence-corrected chi connectivity index (χ4v) is 3.35. The Labute approximate surface area is 188 Å². The number of azo groups is 1. The molecule has 2 heterocycles. The van der Waals surface area contributed by atoms with Gasteiger partial charge in [0.2, 0.25) is 17.6 Å². The van der Waals surface area contributed by atoms with Crippen molar-refractivity contribution >= 4 is 11.8 Å². The average molecular weight is 450 g/mol. The van der Waals surface area contributed by atoms with Crippen LogP contribution in [0.5, 0.6) is 11.5 Å². The minimum absolute atomic E-state index is 0.0744. The molecule has 1 aromatic carbocycles. The Kier molecular flexibility index (Phi) is 6.58. The molecule has 1 aliphatic carbocycles. The fraction of sp³-hybridized carbons (Fsp3) is 0.273. The number of benzene rings is 1. The van der Waals surface area contributed by atoms with E-state index in [0.717, 1.165) is 5.57 Å². The lowest BCUT2D eigenvalue weighted by Gasteiger charge is -2.20. The zero-order valence-electron chi connectivity index (χ0n) is 17.6. The quantitative estimate of drug-likeness (QED) is 0.422. The Morgan fingerprint density at radius 3 is 2.88 bits per heavy atom. The molecular weight excluding hydrogens is 428 g/mol. The number of phenolic OH excluding ortho intramolecular Hbond substituents is 2. The third-order valence-corrected chi connectivity index (χ3v) is 5.04. The van der Waals surface area contributed by atoms with Crippen molar-refractivity contribution in [2.75, 3.05) is 13.1 Å². The average Bonchev–Trinajstić information content (AvgIpc) is 3.28. The predicted octanol–water partition coefficient (Wildman–Crippen LogP) is 2.12. The topological polar surface area (TPSA) is 162 Å². The van der Waals surface area contributed by atoms with Crippen molar-refractivity contribution in [1.29, 1.82) is 0 Å². The van der Waals surface area contributed by atoms with Gasteiger partial charge in [-0.05, 0) is 18.6 Å². The summed E-state index contributed by atoms with van der Waals surface area (Å²) in [5.41, 5.74) is 1.12. The maximum absolute atomic E-state index is 12.1. The highest BCUT2D eigenvalue weighted by Gasteiger charge is 2.26. The molecule has 1 unspecified atom stereocenters. The lowest BCUT2D eigenvalue weighted by atomic mass is 9.93. The van der Waals surface area contributed by atoms with Crippen molar-refractivity contribution in [3.05, 3.63) is 59.8 Å². The van der Waals surface area contributed by atoms with Gasteiger partial charge in [0.05, 0.1) is 11.5 Å². The molecule has 2 aliphatic rings. The maximum Gasteiger partial charge on any atom is 0.276 e. The van der Waals surface area contributed by atoms with Crippen LogP contribution in [-0.2, 0) is 16.0 Å². The lowest BCUT2D eigenvalue weighted by Crippen LogP contribution is -2.28. The van der Waals surface area contributed by atoms with Gasteiger partial charge in [-0.15, -0.1) is 10.2 Å². The summed E-state index contributed by atoms with van der Waals surface area (Å²) in [6.45, 7) is 1.01. The highest BCUT2D eigenvalue weighted by Crippen LogP contribution is 2.30. The highest BCUT2D eigenvalue weighted by molar-refractivity contribution is 5.86. The number of aryl methyl sites for hydroxylation is 1. The molecule has 4 N–H and O–H groups in total. The van der Waals surface area contributed by atoms with Crippen molar-refractivity contribution in [3.8, 4) is 22.9 Å². The standard InChI is InChI=1S/C22H22N6O5/c29-13-6-7-16(17(30)12-13)21-25-19(33-28-21)9-8-18(31)23-10-3-11-24-20-14-4-1-2-5-15(14)22(32)27-26-20/h1-2,4-7,12,15,24,29-30H,3,8-11H2,(H,23,31). The van der Waals surface area contributed by atoms with Gasteiger partial charge < -0.3 is 25.4 Å². The molecule has 1 atom stereocenters. The van der Waals surface area contributed by atoms with Crippen LogP contribution in [0.4, 0.5) is 0 Å². The number of carbonyl (C=O) groups excluding carboxylic acids is 2. The Hall–Kier alpha value is -4.28. The number of phenols is 2. The van der Waals surface area contributed by atoms with Crippen LogP contribution in [0.3, 0.4) is 0 Å². The first kappa shape index (κ1) is 21.9. The number of fused-ring (bicyclic) bond motifs is 1. The summed E-state index contributed by atoms with van der Waals surface area (Å²) < 4.78 is 5.13. The first-order chi connectivity index (χ1) is 16.0. The Morgan fingerprint density at radius 2 is 2.03 bits per heavy atom. The number of allylic oxidation sites excluding steroid dienone is 3. The van der Waals surface area contributed by atoms with Gasteiger partial charge in [0.25, 0.3) is 5.91 Å². The van der Waals surface area contributed by atoms with Crippen LogP contribution in [0.2, 0.25) is 0 Å². The Morgan fingerprint density at radius 1 is 1.15 bits per heavy atom. The summed E-state index contributed by atoms with van der Waals surface area (Å²) in [5, 5.41) is 36.6. The highest BCUT2D eigenvalue weighted by atomic mass is 16.5. The van der Waals surface area contributed by atoms with Crippen LogP contribution in [0.1, 0.15) is 18.7 Å². The summed E-state index contributed by atoms with van der Waals surface area (Å²) in [6, 6.07) is 4.07. The van der Waals surface area contributed by atoms with Gasteiger partial charge in [0, 0.05) is 37.6 Å². The van der Waals surface area contributed by atoms with E-state index in [1.54, 1.807) is 6.08 Å². The molecule has 0 saturated carbocycles. The van der Waals surface area contributed by atoms with E-state index in [9.17, 15) is 19.8 Å². The molecule has 170 valence electrons. The molecular formula is C22H22N6O5. The zero-order valence-corrected chi connectivity index (χ0v) is 17.6. The van der Waals surface area contributed by atoms with Gasteiger partial charge >= 0.3 is 0 Å². The molecule has 0 bridgehead atoms. The second-order valence-electron chi connectivity index (χ2n) is 7.41. The van der Waals surface area contributed by atoms with Crippen LogP contribution in [0.15, 0.2) is 68.6 Å². The summed E-state index contributed by atoms with van der Waals surface area (Å²) in [7, 11) is 0. The molecule has 0 saturated heterocycles. The normalized spacial score (nSPS) is 16.7. The summed E-state index contributed by atoms with van der Waals surface area (Å²) >= 11 is 0. The first-order valence-electron chi connectivity index (χ1n) is 10.4. The Bertz CT molecular complexity index is 1180. The van der Waals surface area contributed by atoms with Gasteiger partial charge in [0.1, 0.15) is 11.5 Å². The number of hydrogen-bond acceptors (Lipinski definition) is 9. The van der Waals surface area contributed by atoms with E-state index in [2.05, 4.69) is 31.0 Å². The van der Waals surface area contributed by atoms with Crippen molar-refractivity contribution in [1.82, 2.24) is 20.8 Å². The van der Waals surface area contributed by atoms with E-state index >= 15 is 0 Å². The van der Waals surface area contributed by atoms with Crippen molar-refractivity contribution < 1.29 is 24.3 Å². The number of hydrogen-bond donors (Lipinski definition) is 4. The minimum Gasteiger partial charge on any atom is -0.508 e. The fourth-order valence-electron chi connectivity index (χ4n) is 3.35. The van der Waals surface area contributed by atoms with E-state index in [1.807, 2.05) is 18.2 Å². The number of aromatic hydroxyl groups is 2. The van der Waals surface area contributed by atoms with E-state index in [4.69, 9.17) is 4.52 Å². The second-order valence-corrected chi connectivity index (χ2v) is 7.41. The summed E-state index contributed by atoms with van der Waals surface area (Å²) in [6.07, 6.45) is 8.37. The number of nitrogens with one attached hydrogen (secondary N) is 2. The van der Waals surface area contributed by atoms with E-state index in [1.165, 1.54) is 18.2 Å². The number of nitrogens with zero attached hydrogens (tertiary/aromatic N) is 4. The van der Waals surface area contributed by atoms with Crippen molar-refractivity contribution in [2.45, 2.75) is 19.3 Å². The van der Waals surface area contributed by atoms with Gasteiger partial charge in [-0.1, -0.05) is 29.5 Å². The molecule has 0 spiro atoms. The maximum atomic E-state index is 12.1. The lowest BCUT2D eigenvalue weighted by molar-refractivity contribution is -0.121. The number of carbonyl (C=O) groups is 2. The minimum atomic E-state index is -0.391. The largest absolute Gasteiger partial charge is 0.508 e. The molecule has 4 rings (SSSR count). The summed E-state index contributed by atoms with van der Waals surface area (Å²) in [4.78, 5) is 28.1. The molecule has 33 heavy (non-hydrogen) atoms. The molecule has 1 aromatic heterocycles. The number of amides is 2. The smallest absolute Gasteiger partial charge is 0.276 e. The van der Waals surface area contributed by atoms with E-state index < -0.39 is 5.92 Å². The molecule has 1 aliphatic heterocycles. The van der Waals surface area contributed by atoms with Crippen LogP contribution >= 0.6 is 0 Å². The first-order valence-corrected chi connectivity index (χ1v) is 10.4. The van der Waals surface area contributed by atoms with Gasteiger partial charge in [-0.25, -0.2) is 0 Å². The third kappa shape index (κ3) is 5.32.